The van der Waals surface area contributed by atoms with Gasteiger partial charge in [0.05, 0.1) is 28.6 Å². The minimum atomic E-state index is -3.95. The van der Waals surface area contributed by atoms with Crippen molar-refractivity contribution in [2.75, 3.05) is 29.9 Å². The molecule has 0 spiro atoms. The van der Waals surface area contributed by atoms with Crippen LogP contribution in [0.5, 0.6) is 0 Å². The van der Waals surface area contributed by atoms with Crippen LogP contribution in [0.3, 0.4) is 0 Å². The van der Waals surface area contributed by atoms with Gasteiger partial charge in [0, 0.05) is 18.7 Å². The lowest BCUT2D eigenvalue weighted by atomic mass is 10.1. The van der Waals surface area contributed by atoms with Crippen molar-refractivity contribution in [1.29, 1.82) is 0 Å². The average Bonchev–Trinajstić information content (AvgIpc) is 2.72. The number of nitrogens with one attached hydrogen (secondary N) is 1. The van der Waals surface area contributed by atoms with Gasteiger partial charge >= 0.3 is 0 Å². The fourth-order valence-electron chi connectivity index (χ4n) is 3.87. The Morgan fingerprint density at radius 1 is 1.13 bits per heavy atom. The molecule has 2 aliphatic rings. The highest BCUT2D eigenvalue weighted by atomic mass is 35.5. The summed E-state index contributed by atoms with van der Waals surface area (Å²) >= 11 is 6.24. The Balaban J connectivity index is 1.70. The second-order valence-electron chi connectivity index (χ2n) is 7.68. The molecule has 2 aromatic rings. The van der Waals surface area contributed by atoms with E-state index < -0.39 is 15.9 Å². The zero-order valence-corrected chi connectivity index (χ0v) is 18.6. The third-order valence-electron chi connectivity index (χ3n) is 5.20. The summed E-state index contributed by atoms with van der Waals surface area (Å²) in [7, 11) is -3.95. The minimum Gasteiger partial charge on any atom is -0.373 e. The summed E-state index contributed by atoms with van der Waals surface area (Å²) < 4.78 is 33.5. The maximum absolute atomic E-state index is 13.3. The van der Waals surface area contributed by atoms with Crippen LogP contribution in [-0.2, 0) is 19.6 Å². The number of nitrogens with zero attached hydrogens (tertiary/aromatic N) is 2. The van der Waals surface area contributed by atoms with E-state index in [0.29, 0.717) is 11.4 Å². The van der Waals surface area contributed by atoms with E-state index in [0.717, 1.165) is 0 Å². The Morgan fingerprint density at radius 2 is 1.81 bits per heavy atom. The second-order valence-corrected chi connectivity index (χ2v) is 9.99. The first kappa shape index (κ1) is 21.8. The Hall–Kier alpha value is -2.46. The molecule has 2 unspecified atom stereocenters. The van der Waals surface area contributed by atoms with E-state index in [2.05, 4.69) is 5.32 Å². The molecule has 0 bridgehead atoms. The molecule has 2 aromatic carbocycles. The van der Waals surface area contributed by atoms with E-state index in [1.807, 2.05) is 0 Å². The second kappa shape index (κ2) is 8.23. The molecule has 1 saturated heterocycles. The first-order chi connectivity index (χ1) is 14.7. The summed E-state index contributed by atoms with van der Waals surface area (Å²) in [6.45, 7) is 3.83. The summed E-state index contributed by atoms with van der Waals surface area (Å²) in [6, 6.07) is 11.1. The van der Waals surface area contributed by atoms with E-state index in [-0.39, 0.29) is 53.2 Å². The number of anilines is 2. The van der Waals surface area contributed by atoms with Gasteiger partial charge in [0.1, 0.15) is 11.4 Å². The van der Waals surface area contributed by atoms with E-state index in [9.17, 15) is 18.0 Å². The van der Waals surface area contributed by atoms with Gasteiger partial charge in [-0.3, -0.25) is 14.5 Å². The molecule has 2 aliphatic heterocycles. The molecule has 1 fully saturated rings. The zero-order chi connectivity index (χ0) is 22.3. The van der Waals surface area contributed by atoms with Crippen molar-refractivity contribution >= 4 is 44.8 Å². The number of ether oxygens (including phenoxy) is 1. The summed E-state index contributed by atoms with van der Waals surface area (Å²) in [4.78, 5) is 26.5. The van der Waals surface area contributed by atoms with Gasteiger partial charge in [0.15, 0.2) is 0 Å². The largest absolute Gasteiger partial charge is 0.373 e. The average molecular weight is 464 g/mol. The lowest BCUT2D eigenvalue weighted by molar-refractivity contribution is -0.115. The number of amides is 2. The van der Waals surface area contributed by atoms with E-state index in [1.54, 1.807) is 38.1 Å². The van der Waals surface area contributed by atoms with Gasteiger partial charge in [-0.15, -0.1) is 0 Å². The predicted octanol–water partition coefficient (Wildman–Crippen LogP) is 2.74. The van der Waals surface area contributed by atoms with Crippen LogP contribution in [0.25, 0.3) is 0 Å². The summed E-state index contributed by atoms with van der Waals surface area (Å²) in [5.74, 6) is -0.815. The van der Waals surface area contributed by atoms with Crippen molar-refractivity contribution in [1.82, 2.24) is 4.31 Å². The number of rotatable bonds is 3. The van der Waals surface area contributed by atoms with Crippen molar-refractivity contribution in [3.63, 3.8) is 0 Å². The standard InChI is InChI=1S/C21H22ClN3O5S/c1-13-10-24(11-14(2)30-13)31(28,29)19-9-15(7-8-16(19)22)21(27)25-12-20(26)23-17-5-3-4-6-18(17)25/h3-9,13-14H,10-12H2,1-2H3,(H,23,26). The maximum Gasteiger partial charge on any atom is 0.258 e. The van der Waals surface area contributed by atoms with Gasteiger partial charge in [0.2, 0.25) is 15.9 Å². The molecule has 0 aliphatic carbocycles. The molecule has 31 heavy (non-hydrogen) atoms. The van der Waals surface area contributed by atoms with Crippen molar-refractivity contribution in [2.24, 2.45) is 0 Å². The Morgan fingerprint density at radius 3 is 2.52 bits per heavy atom. The Labute approximate surface area is 185 Å². The summed E-state index contributed by atoms with van der Waals surface area (Å²) in [5, 5.41) is 2.75. The molecule has 0 saturated carbocycles. The topological polar surface area (TPSA) is 96.0 Å². The van der Waals surface area contributed by atoms with Crippen LogP contribution in [-0.4, -0.2) is 56.4 Å². The molecule has 4 rings (SSSR count). The molecule has 2 amide bonds. The summed E-state index contributed by atoms with van der Waals surface area (Å²) in [5.41, 5.74) is 1.19. The molecular formula is C21H22ClN3O5S. The third kappa shape index (κ3) is 4.18. The first-order valence-corrected chi connectivity index (χ1v) is 11.6. The Kier molecular flexibility index (Phi) is 5.78. The van der Waals surface area contributed by atoms with Crippen LogP contribution in [0, 0.1) is 0 Å². The van der Waals surface area contributed by atoms with Gasteiger partial charge in [-0.1, -0.05) is 23.7 Å². The number of fused-ring (bicyclic) bond motifs is 1. The van der Waals surface area contributed by atoms with Crippen LogP contribution in [0.15, 0.2) is 47.4 Å². The minimum absolute atomic E-state index is 0.0279. The number of morpholine rings is 1. The van der Waals surface area contributed by atoms with Gasteiger partial charge in [-0.2, -0.15) is 4.31 Å². The molecular weight excluding hydrogens is 442 g/mol. The van der Waals surface area contributed by atoms with Crippen molar-refractivity contribution < 1.29 is 22.7 Å². The quantitative estimate of drug-likeness (QED) is 0.755. The van der Waals surface area contributed by atoms with Crippen LogP contribution in [0.2, 0.25) is 5.02 Å². The van der Waals surface area contributed by atoms with E-state index >= 15 is 0 Å². The lowest BCUT2D eigenvalue weighted by Crippen LogP contribution is -2.48. The molecule has 164 valence electrons. The number of carbonyl (C=O) groups is 2. The van der Waals surface area contributed by atoms with Gasteiger partial charge < -0.3 is 10.1 Å². The highest BCUT2D eigenvalue weighted by Gasteiger charge is 2.35. The fourth-order valence-corrected chi connectivity index (χ4v) is 5.96. The van der Waals surface area contributed by atoms with Crippen molar-refractivity contribution in [3.8, 4) is 0 Å². The monoisotopic (exact) mass is 463 g/mol. The van der Waals surface area contributed by atoms with Gasteiger partial charge in [-0.25, -0.2) is 8.42 Å². The number of hydrogen-bond acceptors (Lipinski definition) is 5. The SMILES string of the molecule is CC1CN(S(=O)(=O)c2cc(C(=O)N3CC(=O)Nc4ccccc43)ccc2Cl)CC(C)O1. The number of benzene rings is 2. The molecule has 2 heterocycles. The summed E-state index contributed by atoms with van der Waals surface area (Å²) in [6.07, 6.45) is -0.518. The molecule has 0 aromatic heterocycles. The van der Waals surface area contributed by atoms with E-state index in [1.165, 1.54) is 27.4 Å². The molecule has 8 nitrogen and oxygen atoms in total. The lowest BCUT2D eigenvalue weighted by Gasteiger charge is -2.34. The number of sulfonamides is 1. The van der Waals surface area contributed by atoms with Crippen LogP contribution < -0.4 is 10.2 Å². The normalized spacial score (nSPS) is 22.0. The molecule has 2 atom stereocenters. The van der Waals surface area contributed by atoms with E-state index in [4.69, 9.17) is 16.3 Å². The van der Waals surface area contributed by atoms with Crippen molar-refractivity contribution in [3.05, 3.63) is 53.1 Å². The van der Waals surface area contributed by atoms with Crippen LogP contribution in [0.1, 0.15) is 24.2 Å². The van der Waals surface area contributed by atoms with Crippen molar-refractivity contribution in [2.45, 2.75) is 31.0 Å². The number of halogens is 1. The predicted molar refractivity (Wildman–Crippen MR) is 117 cm³/mol. The number of para-hydroxylation sites is 2. The number of hydrogen-bond donors (Lipinski definition) is 1. The van der Waals surface area contributed by atoms with Gasteiger partial charge in [0.25, 0.3) is 5.91 Å². The number of carbonyl (C=O) groups excluding carboxylic acids is 2. The first-order valence-electron chi connectivity index (χ1n) is 9.82. The van der Waals surface area contributed by atoms with Crippen LogP contribution in [0.4, 0.5) is 11.4 Å². The fraction of sp³-hybridized carbons (Fsp3) is 0.333. The molecule has 10 heteroatoms. The molecule has 1 N–H and O–H groups in total. The highest BCUT2D eigenvalue weighted by molar-refractivity contribution is 7.89. The molecule has 0 radical (unpaired) electrons. The maximum atomic E-state index is 13.3. The highest BCUT2D eigenvalue weighted by Crippen LogP contribution is 2.32. The third-order valence-corrected chi connectivity index (χ3v) is 7.51. The van der Waals surface area contributed by atoms with Gasteiger partial charge in [-0.05, 0) is 44.2 Å². The zero-order valence-electron chi connectivity index (χ0n) is 17.0. The smallest absolute Gasteiger partial charge is 0.258 e. The van der Waals surface area contributed by atoms with Crippen LogP contribution >= 0.6 is 11.6 Å². The Bertz CT molecular complexity index is 1140.